The van der Waals surface area contributed by atoms with Gasteiger partial charge in [-0.2, -0.15) is 0 Å². The number of hydrogen-bond acceptors (Lipinski definition) is 4. The standard InChI is InChI=1S/C18H11BrF2O2.C18H9BrO2/c19-10-5-6-16(21)12(7-10)14-8-13(17(22)9-18(14)23)11-3-1-2-4-15(11)20;19-10-5-6-16-12(7-10)14-8-13-11-3-1-2-4-15(11)20-17(13)9-18(14)21-16/h1-9,22-23H;1-9H. The van der Waals surface area contributed by atoms with E-state index in [-0.39, 0.29) is 33.8 Å². The van der Waals surface area contributed by atoms with Crippen LogP contribution < -0.4 is 0 Å². The summed E-state index contributed by atoms with van der Waals surface area (Å²) in [6, 6.07) is 31.0. The third-order valence-electron chi connectivity index (χ3n) is 7.43. The Morgan fingerprint density at radius 1 is 0.432 bits per heavy atom. The molecule has 0 saturated heterocycles. The number of para-hydroxylation sites is 1. The fraction of sp³-hybridized carbons (Fsp3) is 0. The summed E-state index contributed by atoms with van der Waals surface area (Å²) >= 11 is 6.77. The fourth-order valence-electron chi connectivity index (χ4n) is 5.36. The monoisotopic (exact) mass is 712 g/mol. The quantitative estimate of drug-likeness (QED) is 0.187. The maximum atomic E-state index is 14.1. The van der Waals surface area contributed by atoms with Gasteiger partial charge in [-0.3, -0.25) is 0 Å². The second-order valence-corrected chi connectivity index (χ2v) is 12.0. The van der Waals surface area contributed by atoms with Crippen molar-refractivity contribution in [2.45, 2.75) is 0 Å². The van der Waals surface area contributed by atoms with Crippen molar-refractivity contribution in [2.24, 2.45) is 0 Å². The number of aromatic hydroxyl groups is 2. The molecule has 8 heteroatoms. The zero-order valence-corrected chi connectivity index (χ0v) is 25.8. The molecule has 0 fully saturated rings. The van der Waals surface area contributed by atoms with Crippen molar-refractivity contribution in [1.29, 1.82) is 0 Å². The van der Waals surface area contributed by atoms with Crippen LogP contribution in [0.15, 0.2) is 127 Å². The molecule has 0 aliphatic heterocycles. The molecule has 2 aromatic heterocycles. The second kappa shape index (κ2) is 11.1. The smallest absolute Gasteiger partial charge is 0.139 e. The number of phenols is 2. The Morgan fingerprint density at radius 3 is 1.77 bits per heavy atom. The van der Waals surface area contributed by atoms with Crippen LogP contribution in [0.5, 0.6) is 11.5 Å². The molecule has 0 atom stereocenters. The molecule has 4 nitrogen and oxygen atoms in total. The van der Waals surface area contributed by atoms with Crippen LogP contribution in [0.3, 0.4) is 0 Å². The van der Waals surface area contributed by atoms with Crippen molar-refractivity contribution >= 4 is 75.7 Å². The van der Waals surface area contributed by atoms with Crippen LogP contribution in [0.25, 0.3) is 66.1 Å². The molecule has 0 aliphatic carbocycles. The van der Waals surface area contributed by atoms with Gasteiger partial charge in [0.2, 0.25) is 0 Å². The lowest BCUT2D eigenvalue weighted by Crippen LogP contribution is -1.90. The molecule has 0 spiro atoms. The largest absolute Gasteiger partial charge is 0.507 e. The summed E-state index contributed by atoms with van der Waals surface area (Å²) in [6.45, 7) is 0. The van der Waals surface area contributed by atoms with E-state index in [1.807, 2.05) is 36.4 Å². The number of furan rings is 2. The lowest BCUT2D eigenvalue weighted by atomic mass is 9.96. The molecular formula is C36H20Br2F2O4. The zero-order chi connectivity index (χ0) is 30.5. The Labute approximate surface area is 266 Å². The highest BCUT2D eigenvalue weighted by atomic mass is 79.9. The Balaban J connectivity index is 0.000000142. The van der Waals surface area contributed by atoms with Crippen molar-refractivity contribution in [3.63, 3.8) is 0 Å². The van der Waals surface area contributed by atoms with E-state index in [1.54, 1.807) is 6.07 Å². The number of benzene rings is 6. The number of phenolic OH excluding ortho intramolecular Hbond substituents is 2. The van der Waals surface area contributed by atoms with Gasteiger partial charge >= 0.3 is 0 Å². The van der Waals surface area contributed by atoms with E-state index in [9.17, 15) is 19.0 Å². The van der Waals surface area contributed by atoms with E-state index < -0.39 is 11.6 Å². The normalized spacial score (nSPS) is 11.4. The van der Waals surface area contributed by atoms with Gasteiger partial charge in [0, 0.05) is 64.9 Å². The van der Waals surface area contributed by atoms with Crippen LogP contribution in [0.2, 0.25) is 0 Å². The minimum Gasteiger partial charge on any atom is -0.507 e. The van der Waals surface area contributed by atoms with Gasteiger partial charge < -0.3 is 19.0 Å². The highest BCUT2D eigenvalue weighted by Gasteiger charge is 2.17. The van der Waals surface area contributed by atoms with Gasteiger partial charge in [-0.05, 0) is 60.7 Å². The summed E-state index contributed by atoms with van der Waals surface area (Å²) in [5.74, 6) is -1.63. The molecule has 44 heavy (non-hydrogen) atoms. The van der Waals surface area contributed by atoms with E-state index >= 15 is 0 Å². The van der Waals surface area contributed by atoms with Crippen LogP contribution in [0.1, 0.15) is 0 Å². The number of hydrogen-bond donors (Lipinski definition) is 2. The molecule has 2 N–H and O–H groups in total. The summed E-state index contributed by atoms with van der Waals surface area (Å²) in [6.07, 6.45) is 0. The summed E-state index contributed by atoms with van der Waals surface area (Å²) in [5, 5.41) is 24.6. The summed E-state index contributed by atoms with van der Waals surface area (Å²) in [5.41, 5.74) is 4.18. The highest BCUT2D eigenvalue weighted by molar-refractivity contribution is 9.10. The van der Waals surface area contributed by atoms with Crippen LogP contribution in [0.4, 0.5) is 8.78 Å². The SMILES string of the molecule is Brc1ccc2oc3cc4oc5ccccc5c4cc3c2c1.Oc1cc(O)c(-c2cc(Br)ccc2F)cc1-c1ccccc1F. The minimum atomic E-state index is -0.534. The summed E-state index contributed by atoms with van der Waals surface area (Å²) in [4.78, 5) is 0. The maximum Gasteiger partial charge on any atom is 0.139 e. The minimum absolute atomic E-state index is 0.148. The molecule has 0 unspecified atom stereocenters. The number of fused-ring (bicyclic) bond motifs is 6. The average Bonchev–Trinajstić information content (AvgIpc) is 3.55. The predicted molar refractivity (Wildman–Crippen MR) is 177 cm³/mol. The first-order valence-corrected chi connectivity index (χ1v) is 15.0. The van der Waals surface area contributed by atoms with E-state index in [4.69, 9.17) is 8.83 Å². The van der Waals surface area contributed by atoms with E-state index in [0.29, 0.717) is 4.47 Å². The molecule has 8 aromatic rings. The molecule has 0 bridgehead atoms. The highest BCUT2D eigenvalue weighted by Crippen LogP contribution is 2.42. The Bertz CT molecular complexity index is 2380. The third kappa shape index (κ3) is 5.00. The molecule has 216 valence electrons. The first kappa shape index (κ1) is 28.1. The number of halogens is 4. The molecule has 6 aromatic carbocycles. The van der Waals surface area contributed by atoms with Gasteiger partial charge in [0.25, 0.3) is 0 Å². The Morgan fingerprint density at radius 2 is 1.00 bits per heavy atom. The molecule has 0 amide bonds. The van der Waals surface area contributed by atoms with Gasteiger partial charge in [-0.15, -0.1) is 0 Å². The molecule has 0 saturated carbocycles. The molecule has 2 heterocycles. The Hall–Kier alpha value is -4.66. The lowest BCUT2D eigenvalue weighted by molar-refractivity contribution is 0.452. The van der Waals surface area contributed by atoms with E-state index in [2.05, 4.69) is 50.1 Å². The fourth-order valence-corrected chi connectivity index (χ4v) is 6.08. The maximum absolute atomic E-state index is 14.1. The molecule has 0 aliphatic rings. The van der Waals surface area contributed by atoms with Crippen LogP contribution in [0, 0.1) is 11.6 Å². The number of rotatable bonds is 2. The molecule has 8 rings (SSSR count). The third-order valence-corrected chi connectivity index (χ3v) is 8.41. The van der Waals surface area contributed by atoms with Gasteiger partial charge in [0.05, 0.1) is 0 Å². The second-order valence-electron chi connectivity index (χ2n) is 10.2. The first-order chi connectivity index (χ1) is 21.3. The zero-order valence-electron chi connectivity index (χ0n) is 22.6. The van der Waals surface area contributed by atoms with Crippen molar-refractivity contribution in [2.75, 3.05) is 0 Å². The van der Waals surface area contributed by atoms with Crippen molar-refractivity contribution in [1.82, 2.24) is 0 Å². The van der Waals surface area contributed by atoms with E-state index in [0.717, 1.165) is 54.4 Å². The lowest BCUT2D eigenvalue weighted by Gasteiger charge is -2.12. The van der Waals surface area contributed by atoms with Crippen molar-refractivity contribution in [3.8, 4) is 33.8 Å². The molecular weight excluding hydrogens is 694 g/mol. The average molecular weight is 714 g/mol. The van der Waals surface area contributed by atoms with E-state index in [1.165, 1.54) is 42.5 Å². The van der Waals surface area contributed by atoms with Crippen LogP contribution in [-0.2, 0) is 0 Å². The first-order valence-electron chi connectivity index (χ1n) is 13.5. The van der Waals surface area contributed by atoms with Crippen LogP contribution >= 0.6 is 31.9 Å². The van der Waals surface area contributed by atoms with Gasteiger partial charge in [-0.25, -0.2) is 8.78 Å². The van der Waals surface area contributed by atoms with Gasteiger partial charge in [0.15, 0.2) is 0 Å². The van der Waals surface area contributed by atoms with Crippen molar-refractivity contribution < 1.29 is 27.8 Å². The van der Waals surface area contributed by atoms with Gasteiger partial charge in [0.1, 0.15) is 45.5 Å². The summed E-state index contributed by atoms with van der Waals surface area (Å²) in [7, 11) is 0. The topological polar surface area (TPSA) is 66.7 Å². The van der Waals surface area contributed by atoms with Crippen molar-refractivity contribution in [3.05, 3.63) is 130 Å². The summed E-state index contributed by atoms with van der Waals surface area (Å²) < 4.78 is 41.6. The van der Waals surface area contributed by atoms with Gasteiger partial charge in [-0.1, -0.05) is 68.3 Å². The Kier molecular flexibility index (Phi) is 7.11. The molecule has 0 radical (unpaired) electrons. The van der Waals surface area contributed by atoms with Crippen LogP contribution in [-0.4, -0.2) is 10.2 Å². The predicted octanol–water partition coefficient (Wildman–Crippen LogP) is 11.7.